The molecule has 2 rings (SSSR count). The van der Waals surface area contributed by atoms with Gasteiger partial charge in [-0.1, -0.05) is 18.2 Å². The van der Waals surface area contributed by atoms with Crippen molar-refractivity contribution in [1.29, 1.82) is 5.41 Å². The number of anilines is 1. The Bertz CT molecular complexity index is 764. The minimum absolute atomic E-state index is 0.167. The number of amidine groups is 1. The second kappa shape index (κ2) is 4.97. The maximum Gasteiger partial charge on any atom is 0.263 e. The van der Waals surface area contributed by atoms with Crippen LogP contribution >= 0.6 is 0 Å². The standard InChI is InChI=1S/C12H15N5O2S/c1-8-5-3-4-6-10(8)20(18,19)16-12-9(11(13)14)7-15-17(12)2/h3-7,16H,1-2H3,(H3,13,14). The molecule has 2 aromatic rings. The number of nitrogens with two attached hydrogens (primary N) is 1. The summed E-state index contributed by atoms with van der Waals surface area (Å²) >= 11 is 0. The van der Waals surface area contributed by atoms with Crippen LogP contribution in [-0.4, -0.2) is 24.0 Å². The van der Waals surface area contributed by atoms with Gasteiger partial charge in [0.1, 0.15) is 11.7 Å². The summed E-state index contributed by atoms with van der Waals surface area (Å²) in [5.74, 6) is -0.0821. The van der Waals surface area contributed by atoms with E-state index in [0.29, 0.717) is 5.56 Å². The molecule has 20 heavy (non-hydrogen) atoms. The van der Waals surface area contributed by atoms with E-state index < -0.39 is 10.0 Å². The number of benzene rings is 1. The largest absolute Gasteiger partial charge is 0.384 e. The first-order chi connectivity index (χ1) is 9.33. The summed E-state index contributed by atoms with van der Waals surface area (Å²) in [5.41, 5.74) is 6.28. The van der Waals surface area contributed by atoms with Crippen molar-refractivity contribution in [2.75, 3.05) is 4.72 Å². The molecule has 0 aliphatic heterocycles. The van der Waals surface area contributed by atoms with Crippen LogP contribution in [0.15, 0.2) is 35.4 Å². The minimum Gasteiger partial charge on any atom is -0.384 e. The van der Waals surface area contributed by atoms with Crippen LogP contribution in [-0.2, 0) is 17.1 Å². The Morgan fingerprint density at radius 2 is 2.05 bits per heavy atom. The van der Waals surface area contributed by atoms with Gasteiger partial charge in [0.15, 0.2) is 0 Å². The zero-order valence-corrected chi connectivity index (χ0v) is 11.9. The van der Waals surface area contributed by atoms with E-state index in [2.05, 4.69) is 9.82 Å². The highest BCUT2D eigenvalue weighted by Gasteiger charge is 2.21. The Morgan fingerprint density at radius 1 is 1.40 bits per heavy atom. The molecule has 106 valence electrons. The third-order valence-corrected chi connectivity index (χ3v) is 4.34. The van der Waals surface area contributed by atoms with E-state index in [4.69, 9.17) is 11.1 Å². The Hall–Kier alpha value is -2.35. The first-order valence-electron chi connectivity index (χ1n) is 5.78. The maximum absolute atomic E-state index is 12.4. The van der Waals surface area contributed by atoms with Crippen LogP contribution in [0.5, 0.6) is 0 Å². The quantitative estimate of drug-likeness (QED) is 0.571. The topological polar surface area (TPSA) is 114 Å². The smallest absolute Gasteiger partial charge is 0.263 e. The lowest BCUT2D eigenvalue weighted by Crippen LogP contribution is -2.20. The zero-order chi connectivity index (χ0) is 14.9. The third kappa shape index (κ3) is 2.50. The first-order valence-corrected chi connectivity index (χ1v) is 7.26. The van der Waals surface area contributed by atoms with Gasteiger partial charge in [0.25, 0.3) is 10.0 Å². The molecule has 1 aromatic carbocycles. The maximum atomic E-state index is 12.4. The second-order valence-corrected chi connectivity index (χ2v) is 5.97. The van der Waals surface area contributed by atoms with Crippen LogP contribution in [0.4, 0.5) is 5.82 Å². The van der Waals surface area contributed by atoms with Crippen molar-refractivity contribution < 1.29 is 8.42 Å². The average molecular weight is 293 g/mol. The molecule has 8 heteroatoms. The number of rotatable bonds is 4. The molecule has 0 unspecified atom stereocenters. The Balaban J connectivity index is 2.47. The number of sulfonamides is 1. The predicted octanol–water partition coefficient (Wildman–Crippen LogP) is 0.813. The van der Waals surface area contributed by atoms with E-state index >= 15 is 0 Å². The second-order valence-electron chi connectivity index (χ2n) is 4.32. The fourth-order valence-corrected chi connectivity index (χ4v) is 3.15. The van der Waals surface area contributed by atoms with E-state index in [0.717, 1.165) is 0 Å². The van der Waals surface area contributed by atoms with Gasteiger partial charge in [-0.25, -0.2) is 8.42 Å². The van der Waals surface area contributed by atoms with Crippen LogP contribution < -0.4 is 10.5 Å². The van der Waals surface area contributed by atoms with Gasteiger partial charge < -0.3 is 5.73 Å². The molecule has 4 N–H and O–H groups in total. The van der Waals surface area contributed by atoms with Gasteiger partial charge >= 0.3 is 0 Å². The van der Waals surface area contributed by atoms with Gasteiger partial charge in [-0.15, -0.1) is 0 Å². The van der Waals surface area contributed by atoms with E-state index in [1.54, 1.807) is 32.2 Å². The molecule has 0 atom stereocenters. The zero-order valence-electron chi connectivity index (χ0n) is 11.1. The highest BCUT2D eigenvalue weighted by atomic mass is 32.2. The van der Waals surface area contributed by atoms with Crippen molar-refractivity contribution in [3.05, 3.63) is 41.6 Å². The molecule has 1 heterocycles. The van der Waals surface area contributed by atoms with Gasteiger partial charge in [-0.05, 0) is 18.6 Å². The summed E-state index contributed by atoms with van der Waals surface area (Å²) in [4.78, 5) is 0.177. The van der Waals surface area contributed by atoms with Crippen LogP contribution in [0.3, 0.4) is 0 Å². The Morgan fingerprint density at radius 3 is 2.65 bits per heavy atom. The van der Waals surface area contributed by atoms with Crippen molar-refractivity contribution in [2.45, 2.75) is 11.8 Å². The van der Waals surface area contributed by atoms with E-state index in [9.17, 15) is 8.42 Å². The van der Waals surface area contributed by atoms with Gasteiger partial charge in [-0.2, -0.15) is 5.10 Å². The van der Waals surface area contributed by atoms with Crippen LogP contribution in [0.25, 0.3) is 0 Å². The molecule has 0 spiro atoms. The number of aromatic nitrogens is 2. The molecular formula is C12H15N5O2S. The monoisotopic (exact) mass is 293 g/mol. The molecule has 0 saturated carbocycles. The number of hydrogen-bond acceptors (Lipinski definition) is 4. The van der Waals surface area contributed by atoms with Crippen LogP contribution in [0.2, 0.25) is 0 Å². The lowest BCUT2D eigenvalue weighted by atomic mass is 10.2. The Labute approximate surface area is 117 Å². The van der Waals surface area contributed by atoms with Gasteiger partial charge in [-0.3, -0.25) is 14.8 Å². The van der Waals surface area contributed by atoms with Crippen molar-refractivity contribution in [3.8, 4) is 0 Å². The Kier molecular flexibility index (Phi) is 3.49. The van der Waals surface area contributed by atoms with Crippen molar-refractivity contribution in [2.24, 2.45) is 12.8 Å². The highest BCUT2D eigenvalue weighted by Crippen LogP contribution is 2.21. The summed E-state index contributed by atoms with van der Waals surface area (Å²) in [6.45, 7) is 1.71. The molecule has 1 aromatic heterocycles. The summed E-state index contributed by atoms with van der Waals surface area (Å²) in [7, 11) is -2.18. The lowest BCUT2D eigenvalue weighted by Gasteiger charge is -2.11. The molecule has 0 fully saturated rings. The van der Waals surface area contributed by atoms with Gasteiger partial charge in [0.2, 0.25) is 0 Å². The number of aryl methyl sites for hydroxylation is 2. The summed E-state index contributed by atoms with van der Waals surface area (Å²) < 4.78 is 28.5. The lowest BCUT2D eigenvalue weighted by molar-refractivity contribution is 0.599. The average Bonchev–Trinajstić information content (AvgIpc) is 2.71. The molecule has 7 nitrogen and oxygen atoms in total. The molecule has 0 amide bonds. The third-order valence-electron chi connectivity index (χ3n) is 2.84. The molecular weight excluding hydrogens is 278 g/mol. The van der Waals surface area contributed by atoms with Crippen LogP contribution in [0, 0.1) is 12.3 Å². The highest BCUT2D eigenvalue weighted by molar-refractivity contribution is 7.92. The molecule has 0 radical (unpaired) electrons. The van der Waals surface area contributed by atoms with Gasteiger partial charge in [0, 0.05) is 7.05 Å². The van der Waals surface area contributed by atoms with Crippen LogP contribution in [0.1, 0.15) is 11.1 Å². The first kappa shape index (κ1) is 14.1. The number of nitrogens with one attached hydrogen (secondary N) is 2. The van der Waals surface area contributed by atoms with E-state index in [1.807, 2.05) is 0 Å². The minimum atomic E-state index is -3.76. The molecule has 0 saturated heterocycles. The summed E-state index contributed by atoms with van der Waals surface area (Å²) in [5, 5.41) is 11.3. The fraction of sp³-hybridized carbons (Fsp3) is 0.167. The fourth-order valence-electron chi connectivity index (χ4n) is 1.80. The predicted molar refractivity (Wildman–Crippen MR) is 76.2 cm³/mol. The summed E-state index contributed by atoms with van der Waals surface area (Å²) in [6, 6.07) is 6.64. The van der Waals surface area contributed by atoms with Crippen molar-refractivity contribution >= 4 is 21.7 Å². The summed E-state index contributed by atoms with van der Waals surface area (Å²) in [6.07, 6.45) is 1.35. The van der Waals surface area contributed by atoms with E-state index in [-0.39, 0.29) is 22.1 Å². The number of nitrogens with zero attached hydrogens (tertiary/aromatic N) is 2. The molecule has 0 aliphatic carbocycles. The molecule has 0 aliphatic rings. The van der Waals surface area contributed by atoms with Crippen molar-refractivity contribution in [1.82, 2.24) is 9.78 Å². The normalized spacial score (nSPS) is 11.3. The van der Waals surface area contributed by atoms with Crippen molar-refractivity contribution in [3.63, 3.8) is 0 Å². The van der Waals surface area contributed by atoms with Gasteiger partial charge in [0.05, 0.1) is 16.7 Å². The SMILES string of the molecule is Cc1ccccc1S(=O)(=O)Nc1c(C(=N)N)cnn1C. The number of nitrogen functional groups attached to an aromatic ring is 1. The van der Waals surface area contributed by atoms with E-state index in [1.165, 1.54) is 16.9 Å². The number of hydrogen-bond donors (Lipinski definition) is 3. The molecule has 0 bridgehead atoms.